The molecule has 0 spiro atoms. The van der Waals surface area contributed by atoms with Crippen molar-refractivity contribution in [2.24, 2.45) is 0 Å². The van der Waals surface area contributed by atoms with Gasteiger partial charge in [0, 0.05) is 75.1 Å². The van der Waals surface area contributed by atoms with Crippen molar-refractivity contribution in [2.45, 2.75) is 32.2 Å². The molecule has 37 heavy (non-hydrogen) atoms. The first-order chi connectivity index (χ1) is 18.2. The van der Waals surface area contributed by atoms with Crippen LogP contribution in [0.5, 0.6) is 5.88 Å². The molecule has 0 amide bonds. The van der Waals surface area contributed by atoms with Crippen molar-refractivity contribution in [2.75, 3.05) is 37.0 Å². The number of ether oxygens (including phenoxy) is 2. The third-order valence-corrected chi connectivity index (χ3v) is 9.04. The summed E-state index contributed by atoms with van der Waals surface area (Å²) in [4.78, 5) is 26.0. The summed E-state index contributed by atoms with van der Waals surface area (Å²) >= 11 is 3.60. The number of benzene rings is 2. The zero-order valence-corrected chi connectivity index (χ0v) is 21.9. The number of methoxy groups -OCH3 is 1. The molecule has 6 rings (SSSR count). The Labute approximate surface area is 223 Å². The van der Waals surface area contributed by atoms with Gasteiger partial charge in [-0.3, -0.25) is 4.79 Å². The highest BCUT2D eigenvalue weighted by molar-refractivity contribution is 8.05. The standard InChI is InChI=1S/C28H26N4O3S2/c1-34-27-8-5-18(16-31-27)15-30-19-6-7-23-25(13-19)36-24-4-2-3-21(28(24)37-23)22-17-32(11-12-35-22)20-9-10-29-26(33)14-20/h2-10,13-14,16,22,30H,11-12,15,17H2,1H3,(H,29,33). The van der Waals surface area contributed by atoms with E-state index in [9.17, 15) is 4.79 Å². The average Bonchev–Trinajstić information content (AvgIpc) is 2.95. The fourth-order valence-corrected chi connectivity index (χ4v) is 6.98. The van der Waals surface area contributed by atoms with Crippen LogP contribution in [0.4, 0.5) is 11.4 Å². The fraction of sp³-hybridized carbons (Fsp3) is 0.214. The maximum absolute atomic E-state index is 11.8. The molecule has 2 N–H and O–H groups in total. The molecule has 7 nitrogen and oxygen atoms in total. The Morgan fingerprint density at radius 2 is 2.05 bits per heavy atom. The van der Waals surface area contributed by atoms with Gasteiger partial charge in [0.05, 0.1) is 13.7 Å². The van der Waals surface area contributed by atoms with Gasteiger partial charge in [0.1, 0.15) is 6.10 Å². The molecule has 2 aromatic carbocycles. The van der Waals surface area contributed by atoms with Crippen LogP contribution in [0.1, 0.15) is 17.2 Å². The number of aromatic amines is 1. The van der Waals surface area contributed by atoms with Gasteiger partial charge in [-0.2, -0.15) is 0 Å². The van der Waals surface area contributed by atoms with Crippen LogP contribution in [0, 0.1) is 0 Å². The van der Waals surface area contributed by atoms with E-state index >= 15 is 0 Å². The predicted molar refractivity (Wildman–Crippen MR) is 147 cm³/mol. The van der Waals surface area contributed by atoms with E-state index in [0.29, 0.717) is 25.6 Å². The molecule has 0 saturated carbocycles. The summed E-state index contributed by atoms with van der Waals surface area (Å²) in [5.41, 5.74) is 4.21. The highest BCUT2D eigenvalue weighted by Crippen LogP contribution is 2.51. The maximum Gasteiger partial charge on any atom is 0.249 e. The minimum absolute atomic E-state index is 0.0586. The molecule has 1 atom stereocenters. The summed E-state index contributed by atoms with van der Waals surface area (Å²) in [5, 5.41) is 3.51. The van der Waals surface area contributed by atoms with Gasteiger partial charge in [-0.05, 0) is 41.5 Å². The van der Waals surface area contributed by atoms with Crippen LogP contribution >= 0.6 is 23.5 Å². The van der Waals surface area contributed by atoms with Gasteiger partial charge in [-0.1, -0.05) is 41.7 Å². The number of aromatic nitrogens is 2. The minimum Gasteiger partial charge on any atom is -0.481 e. The average molecular weight is 531 g/mol. The summed E-state index contributed by atoms with van der Waals surface area (Å²) in [6.45, 7) is 2.79. The lowest BCUT2D eigenvalue weighted by Crippen LogP contribution is -2.39. The SMILES string of the molecule is COc1ccc(CNc2ccc3c(c2)Sc2cccc(C4CN(c5cc[nH]c(=O)c5)CCO4)c2S3)cn1. The summed E-state index contributed by atoms with van der Waals surface area (Å²) in [6.07, 6.45) is 3.47. The number of hydrogen-bond donors (Lipinski definition) is 2. The highest BCUT2D eigenvalue weighted by Gasteiger charge is 2.28. The molecular weight excluding hydrogens is 504 g/mol. The van der Waals surface area contributed by atoms with Crippen LogP contribution in [0.25, 0.3) is 0 Å². The second-order valence-electron chi connectivity index (χ2n) is 8.82. The molecule has 0 radical (unpaired) electrons. The lowest BCUT2D eigenvalue weighted by atomic mass is 10.1. The number of hydrogen-bond acceptors (Lipinski definition) is 8. The van der Waals surface area contributed by atoms with Gasteiger partial charge >= 0.3 is 0 Å². The quantitative estimate of drug-likeness (QED) is 0.294. The van der Waals surface area contributed by atoms with Crippen molar-refractivity contribution < 1.29 is 9.47 Å². The molecule has 9 heteroatoms. The predicted octanol–water partition coefficient (Wildman–Crippen LogP) is 5.58. The molecule has 0 aliphatic carbocycles. The molecule has 188 valence electrons. The van der Waals surface area contributed by atoms with E-state index in [-0.39, 0.29) is 11.7 Å². The van der Waals surface area contributed by atoms with Crippen LogP contribution in [-0.4, -0.2) is 36.8 Å². The Morgan fingerprint density at radius 1 is 1.11 bits per heavy atom. The molecule has 2 aliphatic heterocycles. The second kappa shape index (κ2) is 10.5. The summed E-state index contributed by atoms with van der Waals surface area (Å²) in [6, 6.07) is 20.5. The zero-order valence-electron chi connectivity index (χ0n) is 20.3. The highest BCUT2D eigenvalue weighted by atomic mass is 32.2. The van der Waals surface area contributed by atoms with Crippen LogP contribution in [0.3, 0.4) is 0 Å². The van der Waals surface area contributed by atoms with E-state index in [2.05, 4.69) is 56.6 Å². The molecule has 4 heterocycles. The number of anilines is 2. The third-order valence-electron chi connectivity index (χ3n) is 6.43. The third kappa shape index (κ3) is 5.20. The summed E-state index contributed by atoms with van der Waals surface area (Å²) in [5.74, 6) is 0.616. The van der Waals surface area contributed by atoms with E-state index in [0.717, 1.165) is 23.5 Å². The van der Waals surface area contributed by atoms with E-state index in [1.165, 1.54) is 25.1 Å². The monoisotopic (exact) mass is 530 g/mol. The van der Waals surface area contributed by atoms with Crippen LogP contribution < -0.4 is 20.5 Å². The van der Waals surface area contributed by atoms with E-state index in [1.54, 1.807) is 42.9 Å². The van der Waals surface area contributed by atoms with Crippen molar-refractivity contribution in [3.8, 4) is 5.88 Å². The number of pyridine rings is 2. The zero-order chi connectivity index (χ0) is 25.2. The smallest absolute Gasteiger partial charge is 0.249 e. The van der Waals surface area contributed by atoms with Gasteiger partial charge in [0.15, 0.2) is 0 Å². The second-order valence-corrected chi connectivity index (χ2v) is 11.0. The van der Waals surface area contributed by atoms with Gasteiger partial charge in [-0.25, -0.2) is 4.98 Å². The first kappa shape index (κ1) is 24.0. The number of fused-ring (bicyclic) bond motifs is 2. The van der Waals surface area contributed by atoms with Crippen molar-refractivity contribution in [3.63, 3.8) is 0 Å². The molecule has 4 aromatic rings. The first-order valence-electron chi connectivity index (χ1n) is 12.1. The van der Waals surface area contributed by atoms with Gasteiger partial charge in [0.25, 0.3) is 0 Å². The number of rotatable bonds is 6. The Balaban J connectivity index is 1.18. The molecule has 0 bridgehead atoms. The molecule has 2 aromatic heterocycles. The van der Waals surface area contributed by atoms with Crippen molar-refractivity contribution in [1.82, 2.24) is 9.97 Å². The lowest BCUT2D eigenvalue weighted by molar-refractivity contribution is 0.0379. The maximum atomic E-state index is 11.8. The normalized spacial score (nSPS) is 16.6. The first-order valence-corrected chi connectivity index (χ1v) is 13.7. The molecule has 2 aliphatic rings. The van der Waals surface area contributed by atoms with Gasteiger partial charge in [0.2, 0.25) is 11.4 Å². The van der Waals surface area contributed by atoms with Crippen molar-refractivity contribution in [1.29, 1.82) is 0 Å². The topological polar surface area (TPSA) is 79.5 Å². The molecule has 1 saturated heterocycles. The van der Waals surface area contributed by atoms with E-state index < -0.39 is 0 Å². The Hall–Kier alpha value is -3.40. The number of H-pyrrole nitrogens is 1. The van der Waals surface area contributed by atoms with Crippen LogP contribution in [0.15, 0.2) is 97.4 Å². The number of nitrogens with one attached hydrogen (secondary N) is 2. The minimum atomic E-state index is -0.0873. The number of nitrogens with zero attached hydrogens (tertiary/aromatic N) is 2. The van der Waals surface area contributed by atoms with Crippen molar-refractivity contribution >= 4 is 34.9 Å². The number of morpholine rings is 1. The Bertz CT molecular complexity index is 1480. The van der Waals surface area contributed by atoms with E-state index in [1.807, 2.05) is 24.4 Å². The van der Waals surface area contributed by atoms with Crippen LogP contribution in [-0.2, 0) is 11.3 Å². The van der Waals surface area contributed by atoms with E-state index in [4.69, 9.17) is 9.47 Å². The largest absolute Gasteiger partial charge is 0.481 e. The summed E-state index contributed by atoms with van der Waals surface area (Å²) < 4.78 is 11.4. The van der Waals surface area contributed by atoms with Gasteiger partial charge < -0.3 is 24.7 Å². The van der Waals surface area contributed by atoms with Crippen LogP contribution in [0.2, 0.25) is 0 Å². The Morgan fingerprint density at radius 3 is 2.89 bits per heavy atom. The Kier molecular flexibility index (Phi) is 6.82. The molecule has 1 unspecified atom stereocenters. The molecular formula is C28H26N4O3S2. The van der Waals surface area contributed by atoms with Gasteiger partial charge in [-0.15, -0.1) is 0 Å². The molecule has 1 fully saturated rings. The van der Waals surface area contributed by atoms with Crippen molar-refractivity contribution in [3.05, 3.63) is 94.5 Å². The summed E-state index contributed by atoms with van der Waals surface area (Å²) in [7, 11) is 1.62. The fourth-order valence-electron chi connectivity index (χ4n) is 4.53. The lowest BCUT2D eigenvalue weighted by Gasteiger charge is -2.36.